The largest absolute Gasteiger partial charge is 0.456 e. The van der Waals surface area contributed by atoms with Gasteiger partial charge in [0.2, 0.25) is 0 Å². The maximum atomic E-state index is 6.57. The first-order valence-electron chi connectivity index (χ1n) is 22.0. The Hall–Kier alpha value is -5.86. The predicted molar refractivity (Wildman–Crippen MR) is 249 cm³/mol. The van der Waals surface area contributed by atoms with Crippen LogP contribution in [0.2, 0.25) is 0 Å². The van der Waals surface area contributed by atoms with E-state index in [2.05, 4.69) is 186 Å². The Morgan fingerprint density at radius 3 is 1.78 bits per heavy atom. The van der Waals surface area contributed by atoms with Crippen molar-refractivity contribution in [2.24, 2.45) is 0 Å². The highest BCUT2D eigenvalue weighted by Gasteiger charge is 2.44. The van der Waals surface area contributed by atoms with Crippen molar-refractivity contribution in [3.63, 3.8) is 0 Å². The van der Waals surface area contributed by atoms with E-state index in [-0.39, 0.29) is 10.8 Å². The Kier molecular flexibility index (Phi) is 8.19. The topological polar surface area (TPSA) is 16.4 Å². The van der Waals surface area contributed by atoms with Crippen molar-refractivity contribution in [3.8, 4) is 33.4 Å². The number of hydrogen-bond donors (Lipinski definition) is 0. The van der Waals surface area contributed by atoms with E-state index in [4.69, 9.17) is 4.42 Å². The lowest BCUT2D eigenvalue weighted by Crippen LogP contribution is -2.28. The lowest BCUT2D eigenvalue weighted by molar-refractivity contribution is 0.353. The maximum absolute atomic E-state index is 6.57. The van der Waals surface area contributed by atoms with Crippen LogP contribution in [0.25, 0.3) is 55.3 Å². The van der Waals surface area contributed by atoms with Crippen molar-refractivity contribution in [2.75, 3.05) is 4.90 Å². The number of furan rings is 1. The average molecular weight is 768 g/mol. The molecule has 0 unspecified atom stereocenters. The summed E-state index contributed by atoms with van der Waals surface area (Å²) < 4.78 is 6.57. The molecule has 0 bridgehead atoms. The smallest absolute Gasteiger partial charge is 0.138 e. The van der Waals surface area contributed by atoms with Crippen LogP contribution in [0.3, 0.4) is 0 Å². The Morgan fingerprint density at radius 1 is 0.492 bits per heavy atom. The van der Waals surface area contributed by atoms with Crippen LogP contribution in [-0.4, -0.2) is 0 Å². The molecular weight excluding hydrogens is 715 g/mol. The third-order valence-corrected chi connectivity index (χ3v) is 14.4. The molecule has 7 aromatic carbocycles. The lowest BCUT2D eigenvalue weighted by Gasteiger charge is -2.36. The summed E-state index contributed by atoms with van der Waals surface area (Å²) in [5, 5.41) is 2.40. The van der Waals surface area contributed by atoms with Crippen LogP contribution in [0.4, 0.5) is 17.1 Å². The fourth-order valence-electron chi connectivity index (χ4n) is 11.2. The molecule has 1 fully saturated rings. The van der Waals surface area contributed by atoms with Gasteiger partial charge in [0.25, 0.3) is 0 Å². The number of rotatable bonds is 6. The lowest BCUT2D eigenvalue weighted by atomic mass is 9.68. The van der Waals surface area contributed by atoms with Gasteiger partial charge in [-0.2, -0.15) is 0 Å². The minimum atomic E-state index is -0.0923. The second kappa shape index (κ2) is 13.3. The molecule has 3 aliphatic rings. The van der Waals surface area contributed by atoms with E-state index in [9.17, 15) is 0 Å². The first kappa shape index (κ1) is 36.2. The van der Waals surface area contributed by atoms with Gasteiger partial charge in [0, 0.05) is 38.7 Å². The van der Waals surface area contributed by atoms with Crippen molar-refractivity contribution < 1.29 is 4.42 Å². The molecule has 1 aromatic heterocycles. The van der Waals surface area contributed by atoms with E-state index < -0.39 is 0 Å². The van der Waals surface area contributed by atoms with Gasteiger partial charge >= 0.3 is 0 Å². The first-order valence-corrected chi connectivity index (χ1v) is 22.0. The van der Waals surface area contributed by atoms with Crippen molar-refractivity contribution in [2.45, 2.75) is 96.3 Å². The Balaban J connectivity index is 1.05. The van der Waals surface area contributed by atoms with Crippen LogP contribution in [-0.2, 0) is 10.8 Å². The van der Waals surface area contributed by atoms with E-state index in [1.165, 1.54) is 121 Å². The average Bonchev–Trinajstić information content (AvgIpc) is 3.84. The summed E-state index contributed by atoms with van der Waals surface area (Å²) in [5.74, 6) is 0.828. The Labute approximate surface area is 349 Å². The van der Waals surface area contributed by atoms with Gasteiger partial charge in [0.05, 0.1) is 0 Å². The van der Waals surface area contributed by atoms with Crippen LogP contribution >= 0.6 is 0 Å². The van der Waals surface area contributed by atoms with Gasteiger partial charge in [-0.25, -0.2) is 0 Å². The standard InChI is InChI=1S/C57H53NO/c1-35(2)39-31-47(36(3)4)55-49(32-39)48-30-38(20-27-54(48)59-55)37-18-21-40(22-19-37)58(41-23-25-45-43-14-8-10-16-50(43)56(5,6)52(45)33-41)42-24-26-46-44-15-9-11-17-51(44)57(53(46)34-42)28-12-7-13-29-57/h8-11,14-27,30-36H,7,12-13,28-29H2,1-6H3. The number of fused-ring (bicyclic) bond motifs is 11. The predicted octanol–water partition coefficient (Wildman–Crippen LogP) is 16.5. The van der Waals surface area contributed by atoms with Crippen molar-refractivity contribution in [3.05, 3.63) is 173 Å². The number of anilines is 3. The normalized spacial score (nSPS) is 15.9. The van der Waals surface area contributed by atoms with Gasteiger partial charge < -0.3 is 9.32 Å². The second-order valence-electron chi connectivity index (χ2n) is 18.8. The summed E-state index contributed by atoms with van der Waals surface area (Å²) in [5.41, 5.74) is 22.0. The van der Waals surface area contributed by atoms with Gasteiger partial charge in [-0.1, -0.05) is 146 Å². The maximum Gasteiger partial charge on any atom is 0.138 e. The van der Waals surface area contributed by atoms with Gasteiger partial charge in [-0.3, -0.25) is 0 Å². The molecule has 0 radical (unpaired) electrons. The summed E-state index contributed by atoms with van der Waals surface area (Å²) in [6, 6.07) is 53.4. The molecule has 1 saturated carbocycles. The Bertz CT molecular complexity index is 2950. The highest BCUT2D eigenvalue weighted by atomic mass is 16.3. The minimum absolute atomic E-state index is 0.0824. The highest BCUT2D eigenvalue weighted by molar-refractivity contribution is 6.08. The number of benzene rings is 7. The van der Waals surface area contributed by atoms with E-state index in [1.54, 1.807) is 0 Å². The molecule has 8 aromatic rings. The van der Waals surface area contributed by atoms with Gasteiger partial charge in [0.15, 0.2) is 0 Å². The summed E-state index contributed by atoms with van der Waals surface area (Å²) in [7, 11) is 0. The van der Waals surface area contributed by atoms with Crippen LogP contribution in [0.5, 0.6) is 0 Å². The van der Waals surface area contributed by atoms with Crippen molar-refractivity contribution in [1.29, 1.82) is 0 Å². The number of nitrogens with zero attached hydrogens (tertiary/aromatic N) is 1. The molecule has 0 saturated heterocycles. The monoisotopic (exact) mass is 767 g/mol. The molecule has 2 nitrogen and oxygen atoms in total. The van der Waals surface area contributed by atoms with E-state index >= 15 is 0 Å². The SMILES string of the molecule is CC(C)c1cc(C(C)C)c2oc3ccc(-c4ccc(N(c5ccc6c(c5)C(C)(C)c5ccccc5-6)c5ccc6c(c5)C5(CCCCC5)c5ccccc5-6)cc4)cc3c2c1. The van der Waals surface area contributed by atoms with Crippen molar-refractivity contribution in [1.82, 2.24) is 0 Å². The molecule has 1 spiro atoms. The third-order valence-electron chi connectivity index (χ3n) is 14.4. The van der Waals surface area contributed by atoms with Gasteiger partial charge in [0.1, 0.15) is 11.2 Å². The van der Waals surface area contributed by atoms with Crippen molar-refractivity contribution >= 4 is 39.0 Å². The van der Waals surface area contributed by atoms with E-state index in [0.29, 0.717) is 11.8 Å². The highest BCUT2D eigenvalue weighted by Crippen LogP contribution is 2.57. The fraction of sp³-hybridized carbons (Fsp3) is 0.263. The summed E-state index contributed by atoms with van der Waals surface area (Å²) >= 11 is 0. The fourth-order valence-corrected chi connectivity index (χ4v) is 11.2. The first-order chi connectivity index (χ1) is 28.6. The molecule has 11 rings (SSSR count). The van der Waals surface area contributed by atoms with Gasteiger partial charge in [-0.15, -0.1) is 0 Å². The molecule has 3 aliphatic carbocycles. The van der Waals surface area contributed by atoms with E-state index in [0.717, 1.165) is 16.9 Å². The molecule has 0 N–H and O–H groups in total. The van der Waals surface area contributed by atoms with E-state index in [1.807, 2.05) is 0 Å². The Morgan fingerprint density at radius 2 is 1.08 bits per heavy atom. The summed E-state index contributed by atoms with van der Waals surface area (Å²) in [6.45, 7) is 13.9. The third kappa shape index (κ3) is 5.45. The minimum Gasteiger partial charge on any atom is -0.456 e. The molecule has 1 heterocycles. The summed E-state index contributed by atoms with van der Waals surface area (Å²) in [4.78, 5) is 2.51. The van der Waals surface area contributed by atoms with Gasteiger partial charge in [-0.05, 0) is 146 Å². The molecule has 292 valence electrons. The van der Waals surface area contributed by atoms with Crippen LogP contribution in [0.15, 0.2) is 144 Å². The van der Waals surface area contributed by atoms with Crippen LogP contribution in [0, 0.1) is 0 Å². The zero-order valence-electron chi connectivity index (χ0n) is 35.3. The molecule has 59 heavy (non-hydrogen) atoms. The molecular formula is C57H53NO. The van der Waals surface area contributed by atoms with Crippen LogP contribution < -0.4 is 4.90 Å². The molecule has 0 atom stereocenters. The summed E-state index contributed by atoms with van der Waals surface area (Å²) in [6.07, 6.45) is 6.32. The molecule has 2 heteroatoms. The molecule has 0 amide bonds. The molecule has 0 aliphatic heterocycles. The zero-order chi connectivity index (χ0) is 40.2. The number of hydrogen-bond acceptors (Lipinski definition) is 2. The quantitative estimate of drug-likeness (QED) is 0.168. The van der Waals surface area contributed by atoms with Crippen LogP contribution in [0.1, 0.15) is 119 Å². The zero-order valence-corrected chi connectivity index (χ0v) is 35.3. The second-order valence-corrected chi connectivity index (χ2v) is 18.8.